The van der Waals surface area contributed by atoms with Crippen LogP contribution in [0.1, 0.15) is 26.3 Å². The van der Waals surface area contributed by atoms with Crippen molar-refractivity contribution in [2.45, 2.75) is 33.2 Å². The second-order valence-corrected chi connectivity index (χ2v) is 4.60. The zero-order valence-electron chi connectivity index (χ0n) is 10.2. The van der Waals surface area contributed by atoms with Crippen LogP contribution in [0.3, 0.4) is 0 Å². The summed E-state index contributed by atoms with van der Waals surface area (Å²) in [7, 11) is 0. The first-order chi connectivity index (χ1) is 7.38. The summed E-state index contributed by atoms with van der Waals surface area (Å²) < 4.78 is 0. The Morgan fingerprint density at radius 3 is 2.38 bits per heavy atom. The molecule has 1 rings (SSSR count). The van der Waals surface area contributed by atoms with E-state index in [0.29, 0.717) is 0 Å². The monoisotopic (exact) mass is 221 g/mol. The summed E-state index contributed by atoms with van der Waals surface area (Å²) in [6, 6.07) is 7.70. The highest BCUT2D eigenvalue weighted by molar-refractivity contribution is 5.83. The Hall–Kier alpha value is -1.51. The summed E-state index contributed by atoms with van der Waals surface area (Å²) in [6.45, 7) is 7.48. The number of hydrogen-bond acceptors (Lipinski definition) is 2. The molecule has 88 valence electrons. The summed E-state index contributed by atoms with van der Waals surface area (Å²) in [5.41, 5.74) is 0.989. The van der Waals surface area contributed by atoms with Crippen LogP contribution >= 0.6 is 0 Å². The molecule has 1 atom stereocenters. The van der Waals surface area contributed by atoms with Crippen molar-refractivity contribution in [1.29, 1.82) is 0 Å². The van der Waals surface area contributed by atoms with Crippen molar-refractivity contribution in [1.82, 2.24) is 0 Å². The van der Waals surface area contributed by atoms with Crippen LogP contribution in [0.15, 0.2) is 24.3 Å². The second kappa shape index (κ2) is 4.56. The molecule has 0 bridgehead atoms. The van der Waals surface area contributed by atoms with Crippen molar-refractivity contribution in [2.75, 3.05) is 5.32 Å². The van der Waals surface area contributed by atoms with Gasteiger partial charge in [-0.15, -0.1) is 0 Å². The number of nitrogens with one attached hydrogen (secondary N) is 1. The maximum Gasteiger partial charge on any atom is 0.329 e. The normalized spacial score (nSPS) is 14.6. The zero-order chi connectivity index (χ0) is 12.3. The van der Waals surface area contributed by atoms with E-state index in [9.17, 15) is 9.90 Å². The summed E-state index contributed by atoms with van der Waals surface area (Å²) in [4.78, 5) is 11.3. The molecule has 0 aromatic heterocycles. The third-order valence-electron chi connectivity index (χ3n) is 3.14. The average molecular weight is 221 g/mol. The van der Waals surface area contributed by atoms with Gasteiger partial charge in [-0.05, 0) is 31.4 Å². The van der Waals surface area contributed by atoms with Crippen LogP contribution in [0.25, 0.3) is 0 Å². The fourth-order valence-corrected chi connectivity index (χ4v) is 1.44. The van der Waals surface area contributed by atoms with Gasteiger partial charge in [0.05, 0.1) is 0 Å². The summed E-state index contributed by atoms with van der Waals surface area (Å²) >= 11 is 0. The molecule has 0 aliphatic rings. The third kappa shape index (κ3) is 2.35. The van der Waals surface area contributed by atoms with E-state index in [4.69, 9.17) is 0 Å². The summed E-state index contributed by atoms with van der Waals surface area (Å²) in [5, 5.41) is 12.4. The van der Waals surface area contributed by atoms with Gasteiger partial charge < -0.3 is 10.4 Å². The Labute approximate surface area is 96.5 Å². The van der Waals surface area contributed by atoms with Crippen LogP contribution < -0.4 is 5.32 Å². The van der Waals surface area contributed by atoms with Gasteiger partial charge in [0.2, 0.25) is 0 Å². The highest BCUT2D eigenvalue weighted by Crippen LogP contribution is 2.25. The molecule has 16 heavy (non-hydrogen) atoms. The molecule has 3 heteroatoms. The highest BCUT2D eigenvalue weighted by atomic mass is 16.4. The van der Waals surface area contributed by atoms with Gasteiger partial charge >= 0.3 is 5.97 Å². The lowest BCUT2D eigenvalue weighted by molar-refractivity contribution is -0.143. The van der Waals surface area contributed by atoms with Crippen molar-refractivity contribution in [3.8, 4) is 0 Å². The number of carboxylic acids is 1. The molecular weight excluding hydrogens is 202 g/mol. The first-order valence-electron chi connectivity index (χ1n) is 5.45. The average Bonchev–Trinajstić information content (AvgIpc) is 2.20. The van der Waals surface area contributed by atoms with E-state index in [1.54, 1.807) is 6.92 Å². The maximum absolute atomic E-state index is 11.3. The van der Waals surface area contributed by atoms with Crippen LogP contribution in [-0.4, -0.2) is 16.6 Å². The fourth-order valence-electron chi connectivity index (χ4n) is 1.44. The smallest absolute Gasteiger partial charge is 0.329 e. The van der Waals surface area contributed by atoms with Crippen LogP contribution in [0.2, 0.25) is 0 Å². The Morgan fingerprint density at radius 2 is 1.94 bits per heavy atom. The minimum atomic E-state index is -0.938. The number of benzene rings is 1. The largest absolute Gasteiger partial charge is 0.480 e. The van der Waals surface area contributed by atoms with Gasteiger partial charge in [-0.1, -0.05) is 32.0 Å². The van der Waals surface area contributed by atoms with Crippen molar-refractivity contribution in [3.05, 3.63) is 29.8 Å². The van der Waals surface area contributed by atoms with E-state index < -0.39 is 11.5 Å². The highest BCUT2D eigenvalue weighted by Gasteiger charge is 2.36. The molecule has 0 saturated carbocycles. The Balaban J connectivity index is 3.02. The van der Waals surface area contributed by atoms with Crippen LogP contribution in [-0.2, 0) is 4.79 Å². The van der Waals surface area contributed by atoms with Crippen molar-refractivity contribution in [3.63, 3.8) is 0 Å². The Bertz CT molecular complexity index is 387. The standard InChI is InChI=1S/C13H19NO2/c1-9(2)13(4,12(15)16)14-11-8-6-5-7-10(11)3/h5-9,14H,1-4H3,(H,15,16). The molecule has 0 radical (unpaired) electrons. The molecule has 3 nitrogen and oxygen atoms in total. The molecule has 0 aliphatic carbocycles. The quantitative estimate of drug-likeness (QED) is 0.822. The molecule has 0 fully saturated rings. The molecule has 0 spiro atoms. The lowest BCUT2D eigenvalue weighted by atomic mass is 9.88. The second-order valence-electron chi connectivity index (χ2n) is 4.60. The minimum absolute atomic E-state index is 0.00426. The molecule has 1 aromatic rings. The number of hydrogen-bond donors (Lipinski definition) is 2. The zero-order valence-corrected chi connectivity index (χ0v) is 10.2. The van der Waals surface area contributed by atoms with E-state index in [1.165, 1.54) is 0 Å². The minimum Gasteiger partial charge on any atom is -0.480 e. The third-order valence-corrected chi connectivity index (χ3v) is 3.14. The molecule has 1 aromatic carbocycles. The number of aliphatic carboxylic acids is 1. The van der Waals surface area contributed by atoms with Crippen molar-refractivity contribution in [2.24, 2.45) is 5.92 Å². The molecule has 0 amide bonds. The lowest BCUT2D eigenvalue weighted by Gasteiger charge is -2.32. The predicted molar refractivity (Wildman–Crippen MR) is 65.7 cm³/mol. The topological polar surface area (TPSA) is 49.3 Å². The fraction of sp³-hybridized carbons (Fsp3) is 0.462. The van der Waals surface area contributed by atoms with E-state index >= 15 is 0 Å². The molecular formula is C13H19NO2. The molecule has 0 saturated heterocycles. The molecule has 0 aliphatic heterocycles. The van der Waals surface area contributed by atoms with Gasteiger partial charge in [-0.25, -0.2) is 4.79 Å². The Morgan fingerprint density at radius 1 is 1.38 bits per heavy atom. The predicted octanol–water partition coefficient (Wildman–Crippen LogP) is 2.91. The summed E-state index contributed by atoms with van der Waals surface area (Å²) in [6.07, 6.45) is 0. The van der Waals surface area contributed by atoms with Gasteiger partial charge in [-0.2, -0.15) is 0 Å². The van der Waals surface area contributed by atoms with Gasteiger partial charge in [0.25, 0.3) is 0 Å². The van der Waals surface area contributed by atoms with E-state index in [2.05, 4.69) is 5.32 Å². The van der Waals surface area contributed by atoms with E-state index in [-0.39, 0.29) is 5.92 Å². The van der Waals surface area contributed by atoms with E-state index in [1.807, 2.05) is 45.0 Å². The van der Waals surface area contributed by atoms with Gasteiger partial charge in [0.15, 0.2) is 0 Å². The Kier molecular flexibility index (Phi) is 3.58. The summed E-state index contributed by atoms with van der Waals surface area (Å²) in [5.74, 6) is -0.824. The van der Waals surface area contributed by atoms with Crippen molar-refractivity contribution >= 4 is 11.7 Å². The molecule has 0 heterocycles. The number of para-hydroxylation sites is 1. The molecule has 1 unspecified atom stereocenters. The number of anilines is 1. The van der Waals surface area contributed by atoms with Gasteiger partial charge in [0, 0.05) is 5.69 Å². The van der Waals surface area contributed by atoms with Crippen molar-refractivity contribution < 1.29 is 9.90 Å². The number of carbonyl (C=O) groups is 1. The van der Waals surface area contributed by atoms with Crippen LogP contribution in [0.4, 0.5) is 5.69 Å². The first-order valence-corrected chi connectivity index (χ1v) is 5.45. The van der Waals surface area contributed by atoms with Crippen LogP contribution in [0.5, 0.6) is 0 Å². The lowest BCUT2D eigenvalue weighted by Crippen LogP contribution is -2.48. The number of carboxylic acid groups (broad SMARTS) is 1. The first kappa shape index (κ1) is 12.6. The SMILES string of the molecule is Cc1ccccc1NC(C)(C(=O)O)C(C)C. The van der Waals surface area contributed by atoms with Gasteiger partial charge in [-0.3, -0.25) is 0 Å². The number of aryl methyl sites for hydroxylation is 1. The van der Waals surface area contributed by atoms with Crippen LogP contribution in [0, 0.1) is 12.8 Å². The van der Waals surface area contributed by atoms with Gasteiger partial charge in [0.1, 0.15) is 5.54 Å². The van der Waals surface area contributed by atoms with E-state index in [0.717, 1.165) is 11.3 Å². The maximum atomic E-state index is 11.3. The number of rotatable bonds is 4. The molecule has 2 N–H and O–H groups in total.